The molecule has 0 aromatic carbocycles. The van der Waals surface area contributed by atoms with Crippen molar-refractivity contribution in [2.45, 2.75) is 12.8 Å². The van der Waals surface area contributed by atoms with E-state index in [0.29, 0.717) is 19.4 Å². The Balaban J connectivity index is 2.37. The summed E-state index contributed by atoms with van der Waals surface area (Å²) < 4.78 is 0. The minimum Gasteiger partial charge on any atom is -0.417 e. The molecule has 0 aliphatic carbocycles. The SMILES string of the molecule is O=C1C/C=C\ONCC1. The van der Waals surface area contributed by atoms with E-state index in [1.165, 1.54) is 6.26 Å². The number of carbonyl (C=O) groups excluding carboxylic acids is 1. The van der Waals surface area contributed by atoms with Crippen molar-refractivity contribution >= 4 is 5.78 Å². The summed E-state index contributed by atoms with van der Waals surface area (Å²) in [5, 5.41) is 0. The van der Waals surface area contributed by atoms with Crippen molar-refractivity contribution in [1.82, 2.24) is 5.48 Å². The molecule has 1 aliphatic heterocycles. The molecule has 0 amide bonds. The molecule has 0 unspecified atom stereocenters. The normalized spacial score (nSPS) is 23.8. The fourth-order valence-corrected chi connectivity index (χ4v) is 0.627. The summed E-state index contributed by atoms with van der Waals surface area (Å²) in [5.74, 6) is 0.252. The largest absolute Gasteiger partial charge is 0.417 e. The number of carbonyl (C=O) groups is 1. The van der Waals surface area contributed by atoms with Gasteiger partial charge in [0.1, 0.15) is 12.0 Å². The molecule has 1 rings (SSSR count). The fourth-order valence-electron chi connectivity index (χ4n) is 0.627. The van der Waals surface area contributed by atoms with E-state index in [1.807, 2.05) is 0 Å². The van der Waals surface area contributed by atoms with Crippen LogP contribution < -0.4 is 5.48 Å². The molecule has 0 atom stereocenters. The second-order valence-electron chi connectivity index (χ2n) is 1.88. The number of ketones is 1. The minimum absolute atomic E-state index is 0.252. The molecule has 0 saturated heterocycles. The van der Waals surface area contributed by atoms with Crippen molar-refractivity contribution in [2.75, 3.05) is 6.54 Å². The molecule has 0 aromatic heterocycles. The van der Waals surface area contributed by atoms with Gasteiger partial charge in [0.25, 0.3) is 0 Å². The molecule has 3 nitrogen and oxygen atoms in total. The Hall–Kier alpha value is -0.830. The first-order valence-corrected chi connectivity index (χ1v) is 2.95. The average molecular weight is 127 g/mol. The Bertz CT molecular complexity index is 131. The van der Waals surface area contributed by atoms with Crippen molar-refractivity contribution in [3.63, 3.8) is 0 Å². The van der Waals surface area contributed by atoms with Crippen molar-refractivity contribution in [3.05, 3.63) is 12.3 Å². The number of hydrogen-bond donors (Lipinski definition) is 1. The third-order valence-electron chi connectivity index (χ3n) is 1.10. The highest BCUT2D eigenvalue weighted by Crippen LogP contribution is 1.93. The van der Waals surface area contributed by atoms with Crippen LogP contribution in [0.2, 0.25) is 0 Å². The van der Waals surface area contributed by atoms with Gasteiger partial charge in [0.15, 0.2) is 0 Å². The zero-order valence-corrected chi connectivity index (χ0v) is 5.09. The fraction of sp³-hybridized carbons (Fsp3) is 0.500. The summed E-state index contributed by atoms with van der Waals surface area (Å²) in [6, 6.07) is 0. The monoisotopic (exact) mass is 127 g/mol. The Morgan fingerprint density at radius 2 is 2.56 bits per heavy atom. The summed E-state index contributed by atoms with van der Waals surface area (Å²) in [7, 11) is 0. The highest BCUT2D eigenvalue weighted by atomic mass is 16.6. The van der Waals surface area contributed by atoms with Crippen LogP contribution in [-0.2, 0) is 9.63 Å². The first-order valence-electron chi connectivity index (χ1n) is 2.95. The number of allylic oxidation sites excluding steroid dienone is 1. The maximum Gasteiger partial charge on any atom is 0.138 e. The number of hydroxylamine groups is 1. The van der Waals surface area contributed by atoms with Gasteiger partial charge in [-0.3, -0.25) is 4.79 Å². The second-order valence-corrected chi connectivity index (χ2v) is 1.88. The Morgan fingerprint density at radius 3 is 3.44 bits per heavy atom. The highest BCUT2D eigenvalue weighted by Gasteiger charge is 1.99. The van der Waals surface area contributed by atoms with E-state index >= 15 is 0 Å². The standard InChI is InChI=1S/C6H9NO2/c8-6-2-1-5-9-7-4-3-6/h1,5,7H,2-4H2/b5-1-. The Morgan fingerprint density at radius 1 is 1.67 bits per heavy atom. The minimum atomic E-state index is 0.252. The van der Waals surface area contributed by atoms with Crippen LogP contribution in [0.25, 0.3) is 0 Å². The van der Waals surface area contributed by atoms with E-state index < -0.39 is 0 Å². The molecule has 0 spiro atoms. The van der Waals surface area contributed by atoms with Crippen LogP contribution in [0.5, 0.6) is 0 Å². The first-order chi connectivity index (χ1) is 4.39. The van der Waals surface area contributed by atoms with E-state index in [-0.39, 0.29) is 5.78 Å². The van der Waals surface area contributed by atoms with Crippen LogP contribution in [-0.4, -0.2) is 12.3 Å². The van der Waals surface area contributed by atoms with Gasteiger partial charge in [-0.25, -0.2) is 0 Å². The highest BCUT2D eigenvalue weighted by molar-refractivity contribution is 5.79. The smallest absolute Gasteiger partial charge is 0.138 e. The van der Waals surface area contributed by atoms with Crippen molar-refractivity contribution in [3.8, 4) is 0 Å². The molecule has 1 N–H and O–H groups in total. The molecule has 1 heterocycles. The lowest BCUT2D eigenvalue weighted by atomic mass is 10.2. The zero-order valence-electron chi connectivity index (χ0n) is 5.09. The lowest BCUT2D eigenvalue weighted by molar-refractivity contribution is -0.118. The van der Waals surface area contributed by atoms with Crippen molar-refractivity contribution < 1.29 is 9.63 Å². The molecule has 1 aliphatic rings. The Labute approximate surface area is 53.6 Å². The van der Waals surface area contributed by atoms with Gasteiger partial charge >= 0.3 is 0 Å². The van der Waals surface area contributed by atoms with Crippen LogP contribution in [0.15, 0.2) is 12.3 Å². The van der Waals surface area contributed by atoms with Crippen LogP contribution >= 0.6 is 0 Å². The van der Waals surface area contributed by atoms with Crippen LogP contribution in [0, 0.1) is 0 Å². The summed E-state index contributed by atoms with van der Waals surface area (Å²) in [6.07, 6.45) is 4.26. The van der Waals surface area contributed by atoms with Gasteiger partial charge in [-0.2, -0.15) is 5.48 Å². The second kappa shape index (κ2) is 3.25. The number of nitrogens with one attached hydrogen (secondary N) is 1. The van der Waals surface area contributed by atoms with Gasteiger partial charge < -0.3 is 4.84 Å². The third kappa shape index (κ3) is 2.28. The molecular weight excluding hydrogens is 118 g/mol. The van der Waals surface area contributed by atoms with Crippen LogP contribution in [0.4, 0.5) is 0 Å². The predicted molar refractivity (Wildman–Crippen MR) is 32.5 cm³/mol. The van der Waals surface area contributed by atoms with E-state index in [4.69, 9.17) is 4.84 Å². The molecule has 0 bridgehead atoms. The van der Waals surface area contributed by atoms with E-state index in [0.717, 1.165) is 0 Å². The van der Waals surface area contributed by atoms with Gasteiger partial charge in [-0.05, 0) is 6.08 Å². The molecule has 0 aromatic rings. The lowest BCUT2D eigenvalue weighted by Crippen LogP contribution is -2.17. The van der Waals surface area contributed by atoms with Gasteiger partial charge in [0.05, 0.1) is 0 Å². The maximum absolute atomic E-state index is 10.7. The molecule has 0 saturated carbocycles. The van der Waals surface area contributed by atoms with Crippen molar-refractivity contribution in [2.24, 2.45) is 0 Å². The number of rotatable bonds is 0. The molecule has 9 heavy (non-hydrogen) atoms. The van der Waals surface area contributed by atoms with E-state index in [1.54, 1.807) is 6.08 Å². The summed E-state index contributed by atoms with van der Waals surface area (Å²) in [5.41, 5.74) is 2.61. The lowest BCUT2D eigenvalue weighted by Gasteiger charge is -2.04. The van der Waals surface area contributed by atoms with Gasteiger partial charge in [-0.1, -0.05) is 0 Å². The number of Topliss-reactive ketones (excluding diaryl/α,β-unsaturated/α-hetero) is 1. The third-order valence-corrected chi connectivity index (χ3v) is 1.10. The maximum atomic E-state index is 10.7. The van der Waals surface area contributed by atoms with Gasteiger partial charge in [0.2, 0.25) is 0 Å². The molecule has 3 heteroatoms. The van der Waals surface area contributed by atoms with Gasteiger partial charge in [-0.15, -0.1) is 0 Å². The van der Waals surface area contributed by atoms with Crippen LogP contribution in [0.1, 0.15) is 12.8 Å². The van der Waals surface area contributed by atoms with E-state index in [2.05, 4.69) is 5.48 Å². The van der Waals surface area contributed by atoms with Crippen molar-refractivity contribution in [1.29, 1.82) is 0 Å². The summed E-state index contributed by atoms with van der Waals surface area (Å²) in [6.45, 7) is 0.614. The first kappa shape index (κ1) is 6.29. The topological polar surface area (TPSA) is 38.3 Å². The predicted octanol–water partition coefficient (Wildman–Crippen LogP) is 0.384. The molecule has 0 radical (unpaired) electrons. The molecule has 0 fully saturated rings. The van der Waals surface area contributed by atoms with Crippen LogP contribution in [0.3, 0.4) is 0 Å². The summed E-state index contributed by atoms with van der Waals surface area (Å²) in [4.78, 5) is 15.4. The summed E-state index contributed by atoms with van der Waals surface area (Å²) >= 11 is 0. The average Bonchev–Trinajstić information content (AvgIpc) is 1.79. The van der Waals surface area contributed by atoms with Gasteiger partial charge in [0, 0.05) is 19.4 Å². The Kier molecular flexibility index (Phi) is 2.27. The number of hydrogen-bond acceptors (Lipinski definition) is 3. The zero-order chi connectivity index (χ0) is 6.53. The molecular formula is C6H9NO2. The van der Waals surface area contributed by atoms with E-state index in [9.17, 15) is 4.79 Å². The quantitative estimate of drug-likeness (QED) is 0.511. The molecule has 50 valence electrons.